The number of carbonyl (C=O) groups is 1. The van der Waals surface area contributed by atoms with Crippen molar-refractivity contribution in [1.82, 2.24) is 5.32 Å². The molecule has 0 aliphatic rings. The second kappa shape index (κ2) is 13.3. The van der Waals surface area contributed by atoms with Crippen LogP contribution in [0.15, 0.2) is 54.6 Å². The average Bonchev–Trinajstić information content (AvgIpc) is 2.86. The number of amides is 1. The Kier molecular flexibility index (Phi) is 10.1. The van der Waals surface area contributed by atoms with Crippen LogP contribution >= 0.6 is 8.25 Å². The second-order valence-electron chi connectivity index (χ2n) is 8.30. The summed E-state index contributed by atoms with van der Waals surface area (Å²) in [4.78, 5) is 23.9. The van der Waals surface area contributed by atoms with Gasteiger partial charge in [0, 0.05) is 42.5 Å². The molecular weight excluding hydrogens is 465 g/mol. The summed E-state index contributed by atoms with van der Waals surface area (Å²) in [6, 6.07) is 17.4. The van der Waals surface area contributed by atoms with Crippen LogP contribution in [0.3, 0.4) is 0 Å². The van der Waals surface area contributed by atoms with Gasteiger partial charge in [-0.25, -0.2) is 0 Å². The summed E-state index contributed by atoms with van der Waals surface area (Å²) in [5, 5.41) is 8.28. The van der Waals surface area contributed by atoms with Crippen LogP contribution in [-0.2, 0) is 15.6 Å². The van der Waals surface area contributed by atoms with E-state index in [1.807, 2.05) is 61.6 Å². The molecule has 0 bridgehead atoms. The molecule has 0 saturated carbocycles. The van der Waals surface area contributed by atoms with Gasteiger partial charge in [-0.2, -0.15) is 0 Å². The van der Waals surface area contributed by atoms with Gasteiger partial charge in [0.2, 0.25) is 0 Å². The summed E-state index contributed by atoms with van der Waals surface area (Å²) in [6.07, 6.45) is 1.65. The van der Waals surface area contributed by atoms with Gasteiger partial charge in [-0.05, 0) is 66.7 Å². The molecule has 3 rings (SSSR count). The average molecular weight is 500 g/mol. The molecule has 1 amide bonds. The lowest BCUT2D eigenvalue weighted by molar-refractivity contribution is 0.102. The van der Waals surface area contributed by atoms with Crippen molar-refractivity contribution in [2.24, 2.45) is 0 Å². The number of hydrogen-bond acceptors (Lipinski definition) is 6. The van der Waals surface area contributed by atoms with E-state index in [2.05, 4.69) is 27.0 Å². The number of hydrogen-bond donors (Lipinski definition) is 3. The van der Waals surface area contributed by atoms with Gasteiger partial charge >= 0.3 is 8.25 Å². The number of nitrogens with one attached hydrogen (secondary N) is 2. The number of carbonyl (C=O) groups excluding carboxylic acids is 1. The van der Waals surface area contributed by atoms with Crippen molar-refractivity contribution in [3.05, 3.63) is 65.7 Å². The Labute approximate surface area is 207 Å². The summed E-state index contributed by atoms with van der Waals surface area (Å²) in [7, 11) is 0.836. The van der Waals surface area contributed by atoms with Gasteiger partial charge in [-0.3, -0.25) is 9.36 Å². The lowest BCUT2D eigenvalue weighted by atomic mass is 10.0. The Morgan fingerprint density at radius 1 is 1.11 bits per heavy atom. The van der Waals surface area contributed by atoms with Gasteiger partial charge in [0.15, 0.2) is 0 Å². The molecule has 1 unspecified atom stereocenters. The predicted molar refractivity (Wildman–Crippen MR) is 142 cm³/mol. The normalized spacial score (nSPS) is 11.9. The number of nitrogens with zero attached hydrogens (tertiary/aromatic N) is 1. The monoisotopic (exact) mass is 499 g/mol. The fraction of sp³-hybridized carbons (Fsp3) is 0.346. The first-order valence-electron chi connectivity index (χ1n) is 11.7. The van der Waals surface area contributed by atoms with E-state index in [1.165, 1.54) is 0 Å². The Balaban J connectivity index is 1.67. The highest BCUT2D eigenvalue weighted by molar-refractivity contribution is 7.32. The smallest absolute Gasteiger partial charge is 0.316 e. The summed E-state index contributed by atoms with van der Waals surface area (Å²) >= 11 is 0. The molecule has 3 aromatic carbocycles. The van der Waals surface area contributed by atoms with Crippen LogP contribution in [0.2, 0.25) is 0 Å². The van der Waals surface area contributed by atoms with Crippen LogP contribution in [-0.4, -0.2) is 44.7 Å². The largest absolute Gasteiger partial charge is 0.497 e. The van der Waals surface area contributed by atoms with Crippen LogP contribution < -0.4 is 20.3 Å². The number of fused-ring (bicyclic) bond motifs is 1. The van der Waals surface area contributed by atoms with Crippen LogP contribution in [0, 0.1) is 0 Å². The maximum atomic E-state index is 13.1. The molecule has 0 aliphatic carbocycles. The first-order chi connectivity index (χ1) is 16.9. The molecule has 0 aromatic heterocycles. The summed E-state index contributed by atoms with van der Waals surface area (Å²) in [5.74, 6) is 0.620. The van der Waals surface area contributed by atoms with Gasteiger partial charge < -0.3 is 29.7 Å². The van der Waals surface area contributed by atoms with E-state index in [0.717, 1.165) is 46.4 Å². The van der Waals surface area contributed by atoms with Gasteiger partial charge in [-0.1, -0.05) is 25.1 Å². The van der Waals surface area contributed by atoms with E-state index >= 15 is 0 Å². The molecule has 0 spiro atoms. The van der Waals surface area contributed by atoms with E-state index in [-0.39, 0.29) is 12.5 Å². The first kappa shape index (κ1) is 26.7. The minimum atomic E-state index is -2.85. The highest BCUT2D eigenvalue weighted by Gasteiger charge is 2.14. The van der Waals surface area contributed by atoms with Crippen LogP contribution in [0.5, 0.6) is 5.75 Å². The zero-order valence-corrected chi connectivity index (χ0v) is 21.5. The molecule has 0 radical (unpaired) electrons. The molecule has 8 nitrogen and oxygen atoms in total. The second-order valence-corrected chi connectivity index (χ2v) is 9.12. The predicted octanol–water partition coefficient (Wildman–Crippen LogP) is 4.83. The van der Waals surface area contributed by atoms with E-state index in [9.17, 15) is 9.36 Å². The maximum Gasteiger partial charge on any atom is 0.316 e. The number of benzene rings is 3. The van der Waals surface area contributed by atoms with E-state index < -0.39 is 8.25 Å². The highest BCUT2D eigenvalue weighted by Crippen LogP contribution is 2.32. The fourth-order valence-corrected chi connectivity index (χ4v) is 4.16. The van der Waals surface area contributed by atoms with Crippen molar-refractivity contribution in [1.29, 1.82) is 0 Å². The standard InChI is InChI=1S/C26H34N3O5P/c1-4-13-29(2)25-16-21(15-20-8-11-23(33-3)17-24(20)25)26(30)28-22-9-6-19(7-10-22)18-27-12-5-14-34-35(31)32/h6-11,15-17,27,35H,4-5,12-14,18H2,1-3H3,(H,28,30)(H,31,32). The summed E-state index contributed by atoms with van der Waals surface area (Å²) in [6.45, 7) is 4.59. The summed E-state index contributed by atoms with van der Waals surface area (Å²) < 4.78 is 20.6. The van der Waals surface area contributed by atoms with Crippen LogP contribution in [0.4, 0.5) is 11.4 Å². The minimum Gasteiger partial charge on any atom is -0.497 e. The lowest BCUT2D eigenvalue weighted by Crippen LogP contribution is -2.19. The molecule has 188 valence electrons. The number of ether oxygens (including phenoxy) is 1. The zero-order chi connectivity index (χ0) is 25.2. The van der Waals surface area contributed by atoms with E-state index in [0.29, 0.717) is 25.1 Å². The van der Waals surface area contributed by atoms with Crippen molar-refractivity contribution in [2.45, 2.75) is 26.3 Å². The van der Waals surface area contributed by atoms with Crippen molar-refractivity contribution in [3.8, 4) is 5.75 Å². The lowest BCUT2D eigenvalue weighted by Gasteiger charge is -2.22. The zero-order valence-electron chi connectivity index (χ0n) is 20.5. The summed E-state index contributed by atoms with van der Waals surface area (Å²) in [5.41, 5.74) is 3.38. The highest BCUT2D eigenvalue weighted by atomic mass is 31.1. The Morgan fingerprint density at radius 2 is 1.89 bits per heavy atom. The third kappa shape index (κ3) is 7.80. The number of anilines is 2. The Hall–Kier alpha value is -2.90. The molecule has 0 heterocycles. The Bertz CT molecular complexity index is 1150. The van der Waals surface area contributed by atoms with Gasteiger partial charge in [0.05, 0.1) is 13.7 Å². The van der Waals surface area contributed by atoms with Gasteiger partial charge in [0.25, 0.3) is 5.91 Å². The number of rotatable bonds is 13. The molecule has 1 atom stereocenters. The van der Waals surface area contributed by atoms with Crippen LogP contribution in [0.1, 0.15) is 35.7 Å². The minimum absolute atomic E-state index is 0.164. The van der Waals surface area contributed by atoms with Crippen molar-refractivity contribution in [3.63, 3.8) is 0 Å². The molecule has 35 heavy (non-hydrogen) atoms. The van der Waals surface area contributed by atoms with E-state index in [4.69, 9.17) is 9.63 Å². The van der Waals surface area contributed by atoms with Crippen molar-refractivity contribution in [2.75, 3.05) is 44.1 Å². The topological polar surface area (TPSA) is 100 Å². The molecule has 0 saturated heterocycles. The molecule has 0 aliphatic heterocycles. The fourth-order valence-electron chi connectivity index (χ4n) is 3.85. The van der Waals surface area contributed by atoms with Crippen LogP contribution in [0.25, 0.3) is 10.8 Å². The van der Waals surface area contributed by atoms with Crippen molar-refractivity contribution >= 4 is 36.3 Å². The molecule has 3 N–H and O–H groups in total. The quantitative estimate of drug-likeness (QED) is 0.229. The molecular formula is C26H34N3O5P. The molecule has 3 aromatic rings. The van der Waals surface area contributed by atoms with E-state index in [1.54, 1.807) is 7.11 Å². The molecule has 0 fully saturated rings. The number of methoxy groups -OCH3 is 1. The third-order valence-corrected chi connectivity index (χ3v) is 6.09. The third-order valence-electron chi connectivity index (χ3n) is 5.64. The van der Waals surface area contributed by atoms with Crippen molar-refractivity contribution < 1.29 is 23.5 Å². The SMILES string of the molecule is CCCN(C)c1cc(C(=O)Nc2ccc(CNCCCO[PH](=O)O)cc2)cc2ccc(OC)cc12. The molecule has 9 heteroatoms. The van der Waals surface area contributed by atoms with Gasteiger partial charge in [0.1, 0.15) is 5.75 Å². The van der Waals surface area contributed by atoms with Gasteiger partial charge in [-0.15, -0.1) is 0 Å². The Morgan fingerprint density at radius 3 is 2.57 bits per heavy atom. The first-order valence-corrected chi connectivity index (χ1v) is 13.0. The maximum absolute atomic E-state index is 13.1.